The molecule has 6 heteroatoms. The lowest BCUT2D eigenvalue weighted by Crippen LogP contribution is -2.37. The van der Waals surface area contributed by atoms with Gasteiger partial charge >= 0.3 is 0 Å². The molecule has 4 nitrogen and oxygen atoms in total. The van der Waals surface area contributed by atoms with Crippen LogP contribution in [0.15, 0.2) is 28.1 Å². The van der Waals surface area contributed by atoms with E-state index in [1.807, 2.05) is 12.1 Å². The van der Waals surface area contributed by atoms with Crippen LogP contribution in [0.25, 0.3) is 0 Å². The Morgan fingerprint density at radius 3 is 2.89 bits per heavy atom. The van der Waals surface area contributed by atoms with Crippen molar-refractivity contribution in [3.63, 3.8) is 0 Å². The standard InChI is InChI=1S/C13H16N2O2S.ClH/c16-18-10-14-12-2-1-11(9-13(12)18)3-4-15-5-7-17-8-6-15;/h1-2,9-10H,3-8H2;1H. The molecule has 0 N–H and O–H groups in total. The van der Waals surface area contributed by atoms with Crippen molar-refractivity contribution in [1.82, 2.24) is 4.90 Å². The van der Waals surface area contributed by atoms with E-state index in [9.17, 15) is 4.21 Å². The molecule has 2 aliphatic heterocycles. The van der Waals surface area contributed by atoms with Crippen LogP contribution in [0, 0.1) is 0 Å². The quantitative estimate of drug-likeness (QED) is 0.854. The highest BCUT2D eigenvalue weighted by Gasteiger charge is 2.15. The largest absolute Gasteiger partial charge is 0.379 e. The van der Waals surface area contributed by atoms with Gasteiger partial charge in [0.1, 0.15) is 0 Å². The summed E-state index contributed by atoms with van der Waals surface area (Å²) in [6, 6.07) is 6.07. The topological polar surface area (TPSA) is 41.9 Å². The minimum Gasteiger partial charge on any atom is -0.379 e. The summed E-state index contributed by atoms with van der Waals surface area (Å²) in [6.45, 7) is 4.74. The van der Waals surface area contributed by atoms with E-state index in [0.29, 0.717) is 0 Å². The van der Waals surface area contributed by atoms with Crippen molar-refractivity contribution in [1.29, 1.82) is 0 Å². The van der Waals surface area contributed by atoms with Crippen LogP contribution in [-0.2, 0) is 22.0 Å². The summed E-state index contributed by atoms with van der Waals surface area (Å²) < 4.78 is 17.0. The van der Waals surface area contributed by atoms with Gasteiger partial charge in [-0.05, 0) is 24.1 Å². The summed E-state index contributed by atoms with van der Waals surface area (Å²) in [4.78, 5) is 7.38. The SMILES string of the molecule is Cl.O=S1C=Nc2ccc(CCN3CCOCC3)cc21. The van der Waals surface area contributed by atoms with Crippen LogP contribution in [0.3, 0.4) is 0 Å². The van der Waals surface area contributed by atoms with Crippen molar-refractivity contribution >= 4 is 34.4 Å². The maximum atomic E-state index is 11.7. The van der Waals surface area contributed by atoms with Gasteiger partial charge in [-0.2, -0.15) is 0 Å². The van der Waals surface area contributed by atoms with Crippen LogP contribution in [0.5, 0.6) is 0 Å². The molecule has 0 bridgehead atoms. The Labute approximate surface area is 121 Å². The summed E-state index contributed by atoms with van der Waals surface area (Å²) in [5, 5.41) is 0. The molecule has 1 atom stereocenters. The van der Waals surface area contributed by atoms with E-state index < -0.39 is 10.8 Å². The average Bonchev–Trinajstić information content (AvgIpc) is 2.79. The lowest BCUT2D eigenvalue weighted by atomic mass is 10.1. The van der Waals surface area contributed by atoms with Gasteiger partial charge in [0.15, 0.2) is 0 Å². The molecule has 1 fully saturated rings. The van der Waals surface area contributed by atoms with E-state index >= 15 is 0 Å². The molecule has 0 saturated carbocycles. The number of halogens is 1. The molecule has 104 valence electrons. The summed E-state index contributed by atoms with van der Waals surface area (Å²) in [5.74, 6) is 0. The van der Waals surface area contributed by atoms with Crippen molar-refractivity contribution in [2.24, 2.45) is 4.99 Å². The van der Waals surface area contributed by atoms with Gasteiger partial charge in [0, 0.05) is 19.6 Å². The van der Waals surface area contributed by atoms with Gasteiger partial charge in [-0.15, -0.1) is 12.4 Å². The molecule has 0 spiro atoms. The lowest BCUT2D eigenvalue weighted by Gasteiger charge is -2.26. The molecule has 19 heavy (non-hydrogen) atoms. The summed E-state index contributed by atoms with van der Waals surface area (Å²) in [5.41, 5.74) is 3.60. The molecule has 0 amide bonds. The number of hydrogen-bond donors (Lipinski definition) is 0. The van der Waals surface area contributed by atoms with Gasteiger partial charge in [0.05, 0.1) is 40.1 Å². The fraction of sp³-hybridized carbons (Fsp3) is 0.462. The first-order valence-electron chi connectivity index (χ1n) is 6.21. The molecular weight excluding hydrogens is 284 g/mol. The molecule has 2 heterocycles. The van der Waals surface area contributed by atoms with Crippen molar-refractivity contribution in [3.05, 3.63) is 23.8 Å². The number of benzene rings is 1. The zero-order valence-electron chi connectivity index (χ0n) is 10.6. The highest BCUT2D eigenvalue weighted by molar-refractivity contribution is 7.99. The Bertz CT molecular complexity index is 501. The molecule has 0 aliphatic carbocycles. The zero-order chi connectivity index (χ0) is 12.4. The summed E-state index contributed by atoms with van der Waals surface area (Å²) in [6.07, 6.45) is 0.991. The van der Waals surface area contributed by atoms with Crippen molar-refractivity contribution in [2.45, 2.75) is 11.3 Å². The van der Waals surface area contributed by atoms with Crippen LogP contribution >= 0.6 is 12.4 Å². The van der Waals surface area contributed by atoms with Gasteiger partial charge in [0.25, 0.3) is 0 Å². The first-order valence-corrected chi connectivity index (χ1v) is 7.42. The number of aliphatic imine (C=N–C) groups is 1. The summed E-state index contributed by atoms with van der Waals surface area (Å²) >= 11 is 0. The van der Waals surface area contributed by atoms with E-state index in [2.05, 4.69) is 16.0 Å². The lowest BCUT2D eigenvalue weighted by molar-refractivity contribution is 0.0384. The predicted molar refractivity (Wildman–Crippen MR) is 79.2 cm³/mol. The Morgan fingerprint density at radius 1 is 1.32 bits per heavy atom. The van der Waals surface area contributed by atoms with Gasteiger partial charge in [-0.25, -0.2) is 9.20 Å². The van der Waals surface area contributed by atoms with Crippen LogP contribution in [0.1, 0.15) is 5.56 Å². The van der Waals surface area contributed by atoms with Crippen LogP contribution in [-0.4, -0.2) is 47.5 Å². The smallest absolute Gasteiger partial charge is 0.0984 e. The molecular formula is C13H17ClN2O2S. The Morgan fingerprint density at radius 2 is 2.11 bits per heavy atom. The normalized spacial score (nSPS) is 22.0. The number of morpholine rings is 1. The average molecular weight is 301 g/mol. The Kier molecular flexibility index (Phi) is 5.10. The van der Waals surface area contributed by atoms with Crippen molar-refractivity contribution < 1.29 is 8.95 Å². The second-order valence-electron chi connectivity index (χ2n) is 4.54. The monoisotopic (exact) mass is 300 g/mol. The number of nitrogens with zero attached hydrogens (tertiary/aromatic N) is 2. The van der Waals surface area contributed by atoms with Crippen molar-refractivity contribution in [2.75, 3.05) is 32.8 Å². The molecule has 0 radical (unpaired) electrons. The highest BCUT2D eigenvalue weighted by Crippen LogP contribution is 2.28. The molecule has 1 aromatic rings. The third-order valence-corrected chi connectivity index (χ3v) is 4.41. The number of ether oxygens (including phenoxy) is 1. The second-order valence-corrected chi connectivity index (χ2v) is 5.78. The number of rotatable bonds is 3. The molecule has 1 saturated heterocycles. The predicted octanol–water partition coefficient (Wildman–Crippen LogP) is 1.76. The minimum atomic E-state index is -1.04. The third kappa shape index (κ3) is 3.42. The van der Waals surface area contributed by atoms with E-state index in [4.69, 9.17) is 4.74 Å². The number of fused-ring (bicyclic) bond motifs is 1. The first-order chi connectivity index (χ1) is 8.83. The van der Waals surface area contributed by atoms with Gasteiger partial charge in [-0.3, -0.25) is 4.90 Å². The molecule has 2 aliphatic rings. The molecule has 1 aromatic carbocycles. The fourth-order valence-electron chi connectivity index (χ4n) is 2.26. The van der Waals surface area contributed by atoms with E-state index in [1.54, 1.807) is 0 Å². The molecule has 0 aromatic heterocycles. The Balaban J connectivity index is 0.00000133. The van der Waals surface area contributed by atoms with Crippen LogP contribution in [0.4, 0.5) is 5.69 Å². The summed E-state index contributed by atoms with van der Waals surface area (Å²) in [7, 11) is -1.04. The van der Waals surface area contributed by atoms with E-state index in [-0.39, 0.29) is 12.4 Å². The van der Waals surface area contributed by atoms with E-state index in [0.717, 1.165) is 49.9 Å². The maximum absolute atomic E-state index is 11.7. The van der Waals surface area contributed by atoms with Gasteiger partial charge < -0.3 is 4.74 Å². The van der Waals surface area contributed by atoms with Gasteiger partial charge in [0.2, 0.25) is 0 Å². The minimum absolute atomic E-state index is 0. The molecule has 1 unspecified atom stereocenters. The Hall–Kier alpha value is -0.750. The van der Waals surface area contributed by atoms with Crippen LogP contribution < -0.4 is 0 Å². The third-order valence-electron chi connectivity index (χ3n) is 3.35. The van der Waals surface area contributed by atoms with Crippen LogP contribution in [0.2, 0.25) is 0 Å². The second kappa shape index (κ2) is 6.61. The zero-order valence-corrected chi connectivity index (χ0v) is 12.2. The fourth-order valence-corrected chi connectivity index (χ4v) is 3.17. The highest BCUT2D eigenvalue weighted by atomic mass is 35.5. The first kappa shape index (κ1) is 14.7. The molecule has 3 rings (SSSR count). The van der Waals surface area contributed by atoms with Gasteiger partial charge in [-0.1, -0.05) is 6.07 Å². The number of hydrogen-bond acceptors (Lipinski definition) is 4. The van der Waals surface area contributed by atoms with Crippen molar-refractivity contribution in [3.8, 4) is 0 Å². The van der Waals surface area contributed by atoms with E-state index in [1.165, 1.54) is 11.1 Å². The maximum Gasteiger partial charge on any atom is 0.0984 e.